The first-order chi connectivity index (χ1) is 15.2. The minimum absolute atomic E-state index is 0.0754. The van der Waals surface area contributed by atoms with E-state index in [0.717, 1.165) is 16.6 Å². The molecule has 1 saturated heterocycles. The summed E-state index contributed by atoms with van der Waals surface area (Å²) in [6, 6.07) is 15.1. The average Bonchev–Trinajstić information content (AvgIpc) is 3.26. The molecule has 0 bridgehead atoms. The Morgan fingerprint density at radius 1 is 1.26 bits per heavy atom. The molecule has 2 aromatic carbocycles. The smallest absolute Gasteiger partial charge is 0.260 e. The van der Waals surface area contributed by atoms with Crippen LogP contribution < -0.4 is 9.47 Å². The lowest BCUT2D eigenvalue weighted by molar-refractivity contribution is -0.137. The molecule has 0 spiro atoms. The van der Waals surface area contributed by atoms with Gasteiger partial charge in [0, 0.05) is 13.1 Å². The van der Waals surface area contributed by atoms with E-state index in [2.05, 4.69) is 16.0 Å². The fourth-order valence-electron chi connectivity index (χ4n) is 3.34. The van der Waals surface area contributed by atoms with E-state index < -0.39 is 0 Å². The van der Waals surface area contributed by atoms with E-state index in [1.807, 2.05) is 24.3 Å². The Labute approximate surface area is 179 Å². The molecule has 0 radical (unpaired) electrons. The maximum Gasteiger partial charge on any atom is 0.260 e. The number of imidazole rings is 1. The maximum atomic E-state index is 12.3. The number of carbonyl (C=O) groups is 1. The molecule has 8 heteroatoms. The molecule has 1 aromatic heterocycles. The third kappa shape index (κ3) is 4.68. The number of methoxy groups -OCH3 is 1. The summed E-state index contributed by atoms with van der Waals surface area (Å²) in [5.74, 6) is 1.35. The van der Waals surface area contributed by atoms with Crippen LogP contribution in [-0.2, 0) is 9.53 Å². The Morgan fingerprint density at radius 2 is 2.06 bits per heavy atom. The van der Waals surface area contributed by atoms with Crippen molar-refractivity contribution in [3.8, 4) is 17.6 Å². The summed E-state index contributed by atoms with van der Waals surface area (Å²) < 4.78 is 16.4. The number of allylic oxidation sites excluding steroid dienone is 1. The number of hydrogen-bond donors (Lipinski definition) is 1. The van der Waals surface area contributed by atoms with Crippen molar-refractivity contribution in [2.45, 2.75) is 0 Å². The van der Waals surface area contributed by atoms with Gasteiger partial charge in [0.25, 0.3) is 5.91 Å². The molecule has 1 N–H and O–H groups in total. The van der Waals surface area contributed by atoms with E-state index in [1.54, 1.807) is 29.2 Å². The summed E-state index contributed by atoms with van der Waals surface area (Å²) in [6.45, 7) is 2.16. The van der Waals surface area contributed by atoms with E-state index in [0.29, 0.717) is 49.2 Å². The van der Waals surface area contributed by atoms with Crippen molar-refractivity contribution in [1.82, 2.24) is 14.9 Å². The van der Waals surface area contributed by atoms with E-state index in [4.69, 9.17) is 14.2 Å². The number of nitrogens with zero attached hydrogens (tertiary/aromatic N) is 3. The van der Waals surface area contributed by atoms with Crippen molar-refractivity contribution in [2.75, 3.05) is 40.0 Å². The van der Waals surface area contributed by atoms with E-state index in [9.17, 15) is 10.1 Å². The van der Waals surface area contributed by atoms with Gasteiger partial charge in [0.1, 0.15) is 11.9 Å². The van der Waals surface area contributed by atoms with Gasteiger partial charge in [-0.3, -0.25) is 4.79 Å². The number of fused-ring (bicyclic) bond motifs is 1. The first-order valence-corrected chi connectivity index (χ1v) is 9.91. The van der Waals surface area contributed by atoms with Crippen LogP contribution in [-0.4, -0.2) is 60.8 Å². The number of carbonyl (C=O) groups excluding carboxylic acids is 1. The maximum absolute atomic E-state index is 12.3. The van der Waals surface area contributed by atoms with Gasteiger partial charge in [-0.05, 0) is 35.9 Å². The van der Waals surface area contributed by atoms with Crippen LogP contribution in [0.25, 0.3) is 22.7 Å². The van der Waals surface area contributed by atoms with Gasteiger partial charge in [-0.25, -0.2) is 4.98 Å². The van der Waals surface area contributed by atoms with Gasteiger partial charge in [-0.15, -0.1) is 0 Å². The van der Waals surface area contributed by atoms with Gasteiger partial charge in [0.15, 0.2) is 18.1 Å². The summed E-state index contributed by atoms with van der Waals surface area (Å²) in [5, 5.41) is 9.63. The van der Waals surface area contributed by atoms with Crippen LogP contribution in [0.1, 0.15) is 11.4 Å². The van der Waals surface area contributed by atoms with Gasteiger partial charge in [-0.1, -0.05) is 18.2 Å². The van der Waals surface area contributed by atoms with Crippen molar-refractivity contribution in [3.63, 3.8) is 0 Å². The van der Waals surface area contributed by atoms with E-state index >= 15 is 0 Å². The number of morpholine rings is 1. The number of hydrogen-bond acceptors (Lipinski definition) is 6. The van der Waals surface area contributed by atoms with Gasteiger partial charge in [0.05, 0.1) is 36.9 Å². The first kappa shape index (κ1) is 20.4. The molecule has 1 amide bonds. The van der Waals surface area contributed by atoms with Crippen LogP contribution in [0.3, 0.4) is 0 Å². The average molecular weight is 418 g/mol. The standard InChI is InChI=1S/C23H22N4O4/c1-29-21-13-16(6-7-20(21)31-15-22(28)27-8-10-30-11-9-27)12-17(14-24)23-25-18-4-2-3-5-19(18)26-23/h2-7,12-13H,8-11,15H2,1H3,(H,25,26)/b17-12+. The Bertz CT molecular complexity index is 1120. The molecule has 2 heterocycles. The summed E-state index contributed by atoms with van der Waals surface area (Å²) in [4.78, 5) is 21.7. The van der Waals surface area contributed by atoms with Gasteiger partial charge >= 0.3 is 0 Å². The number of amides is 1. The highest BCUT2D eigenvalue weighted by Gasteiger charge is 2.18. The van der Waals surface area contributed by atoms with Crippen molar-refractivity contribution in [3.05, 3.63) is 53.9 Å². The fraction of sp³-hybridized carbons (Fsp3) is 0.261. The Kier molecular flexibility index (Phi) is 6.15. The lowest BCUT2D eigenvalue weighted by Gasteiger charge is -2.26. The zero-order valence-corrected chi connectivity index (χ0v) is 17.1. The molecular weight excluding hydrogens is 396 g/mol. The normalized spacial score (nSPS) is 14.3. The third-order valence-corrected chi connectivity index (χ3v) is 4.98. The third-order valence-electron chi connectivity index (χ3n) is 4.98. The zero-order chi connectivity index (χ0) is 21.6. The summed E-state index contributed by atoms with van der Waals surface area (Å²) >= 11 is 0. The number of nitrogens with one attached hydrogen (secondary N) is 1. The zero-order valence-electron chi connectivity index (χ0n) is 17.1. The molecule has 0 aliphatic carbocycles. The molecular formula is C23H22N4O4. The Hall–Kier alpha value is -3.83. The van der Waals surface area contributed by atoms with Crippen LogP contribution in [0.5, 0.6) is 11.5 Å². The number of rotatable bonds is 6. The van der Waals surface area contributed by atoms with Crippen molar-refractivity contribution in [2.24, 2.45) is 0 Å². The number of H-pyrrole nitrogens is 1. The Balaban J connectivity index is 1.51. The molecule has 31 heavy (non-hydrogen) atoms. The summed E-state index contributed by atoms with van der Waals surface area (Å²) in [6.07, 6.45) is 1.73. The van der Waals surface area contributed by atoms with Crippen LogP contribution >= 0.6 is 0 Å². The molecule has 1 aliphatic heterocycles. The van der Waals surface area contributed by atoms with Crippen LogP contribution in [0.15, 0.2) is 42.5 Å². The van der Waals surface area contributed by atoms with Crippen LogP contribution in [0.2, 0.25) is 0 Å². The number of aromatic amines is 1. The minimum atomic E-state index is -0.0917. The molecule has 3 aromatic rings. The largest absolute Gasteiger partial charge is 0.493 e. The second kappa shape index (κ2) is 9.32. The second-order valence-electron chi connectivity index (χ2n) is 6.96. The monoisotopic (exact) mass is 418 g/mol. The minimum Gasteiger partial charge on any atom is -0.493 e. The molecule has 0 atom stereocenters. The lowest BCUT2D eigenvalue weighted by atomic mass is 10.1. The molecule has 0 unspecified atom stereocenters. The Morgan fingerprint density at radius 3 is 2.81 bits per heavy atom. The highest BCUT2D eigenvalue weighted by Crippen LogP contribution is 2.30. The lowest BCUT2D eigenvalue weighted by Crippen LogP contribution is -2.43. The molecule has 8 nitrogen and oxygen atoms in total. The van der Waals surface area contributed by atoms with Crippen molar-refractivity contribution in [1.29, 1.82) is 5.26 Å². The topological polar surface area (TPSA) is 100 Å². The van der Waals surface area contributed by atoms with Crippen molar-refractivity contribution >= 4 is 28.6 Å². The summed E-state index contributed by atoms with van der Waals surface area (Å²) in [7, 11) is 1.53. The molecule has 4 rings (SSSR count). The van der Waals surface area contributed by atoms with E-state index in [1.165, 1.54) is 7.11 Å². The first-order valence-electron chi connectivity index (χ1n) is 9.91. The summed E-state index contributed by atoms with van der Waals surface area (Å²) in [5.41, 5.74) is 2.81. The quantitative estimate of drug-likeness (QED) is 0.618. The SMILES string of the molecule is COc1cc(/C=C(\C#N)c2nc3ccccc3[nH]2)ccc1OCC(=O)N1CCOCC1. The highest BCUT2D eigenvalue weighted by molar-refractivity contribution is 5.90. The number of aromatic nitrogens is 2. The van der Waals surface area contributed by atoms with Gasteiger partial charge in [0.2, 0.25) is 0 Å². The predicted octanol–water partition coefficient (Wildman–Crippen LogP) is 2.87. The van der Waals surface area contributed by atoms with Gasteiger partial charge in [-0.2, -0.15) is 5.26 Å². The van der Waals surface area contributed by atoms with Gasteiger partial charge < -0.3 is 24.1 Å². The fourth-order valence-corrected chi connectivity index (χ4v) is 3.34. The van der Waals surface area contributed by atoms with E-state index in [-0.39, 0.29) is 12.5 Å². The number of benzene rings is 2. The van der Waals surface area contributed by atoms with Crippen LogP contribution in [0, 0.1) is 11.3 Å². The predicted molar refractivity (Wildman–Crippen MR) is 115 cm³/mol. The highest BCUT2D eigenvalue weighted by atomic mass is 16.5. The van der Waals surface area contributed by atoms with Crippen LogP contribution in [0.4, 0.5) is 0 Å². The number of ether oxygens (including phenoxy) is 3. The number of nitriles is 1. The molecule has 1 fully saturated rings. The molecule has 0 saturated carbocycles. The second-order valence-corrected chi connectivity index (χ2v) is 6.96. The van der Waals surface area contributed by atoms with Crippen molar-refractivity contribution < 1.29 is 19.0 Å². The molecule has 158 valence electrons. The molecule has 1 aliphatic rings. The number of para-hydroxylation sites is 2.